The lowest BCUT2D eigenvalue weighted by molar-refractivity contribution is 0.102. The van der Waals surface area contributed by atoms with Gasteiger partial charge < -0.3 is 5.32 Å². The summed E-state index contributed by atoms with van der Waals surface area (Å²) in [6, 6.07) is 7.13. The second kappa shape index (κ2) is 6.43. The summed E-state index contributed by atoms with van der Waals surface area (Å²) in [4.78, 5) is 12.2. The molecule has 0 aliphatic heterocycles. The molecule has 0 saturated carbocycles. The molecular formula is C13H6Br2Cl2FNO. The van der Waals surface area contributed by atoms with Crippen LogP contribution in [0.3, 0.4) is 0 Å². The smallest absolute Gasteiger partial charge is 0.256 e. The van der Waals surface area contributed by atoms with E-state index in [1.54, 1.807) is 18.2 Å². The lowest BCUT2D eigenvalue weighted by Crippen LogP contribution is -2.13. The van der Waals surface area contributed by atoms with Gasteiger partial charge in [0.2, 0.25) is 0 Å². The number of rotatable bonds is 2. The second-order valence-electron chi connectivity index (χ2n) is 3.82. The van der Waals surface area contributed by atoms with Crippen molar-refractivity contribution in [1.82, 2.24) is 0 Å². The van der Waals surface area contributed by atoms with Crippen molar-refractivity contribution < 1.29 is 9.18 Å². The quantitative estimate of drug-likeness (QED) is 0.616. The van der Waals surface area contributed by atoms with E-state index in [1.807, 2.05) is 0 Å². The number of hydrogen-bond acceptors (Lipinski definition) is 1. The number of hydrogen-bond donors (Lipinski definition) is 1. The average molecular weight is 442 g/mol. The van der Waals surface area contributed by atoms with E-state index < -0.39 is 5.82 Å². The molecule has 0 fully saturated rings. The Bertz CT molecular complexity index is 671. The van der Waals surface area contributed by atoms with Crippen LogP contribution in [0.15, 0.2) is 39.3 Å². The molecule has 0 aliphatic rings. The lowest BCUT2D eigenvalue weighted by Gasteiger charge is -2.11. The predicted octanol–water partition coefficient (Wildman–Crippen LogP) is 5.91. The molecule has 0 bridgehead atoms. The number of amides is 1. The number of benzene rings is 2. The summed E-state index contributed by atoms with van der Waals surface area (Å²) in [7, 11) is 0. The number of nitrogens with one attached hydrogen (secondary N) is 1. The van der Waals surface area contributed by atoms with E-state index in [-0.39, 0.29) is 10.9 Å². The van der Waals surface area contributed by atoms with Gasteiger partial charge in [0.1, 0.15) is 5.82 Å². The normalized spacial score (nSPS) is 10.4. The standard InChI is InChI=1S/C13H6Br2Cl2FNO/c14-9-3-6(16)1-2-8(9)13(20)19-12-10(15)4-7(18)5-11(12)17/h1-5H,(H,19,20). The van der Waals surface area contributed by atoms with Crippen molar-refractivity contribution in [2.45, 2.75) is 0 Å². The van der Waals surface area contributed by atoms with E-state index in [1.165, 1.54) is 6.07 Å². The maximum atomic E-state index is 13.1. The third-order valence-electron chi connectivity index (χ3n) is 2.42. The third kappa shape index (κ3) is 3.52. The summed E-state index contributed by atoms with van der Waals surface area (Å²) in [5.74, 6) is -0.879. The summed E-state index contributed by atoms with van der Waals surface area (Å²) in [6.45, 7) is 0. The van der Waals surface area contributed by atoms with Crippen LogP contribution in [0.5, 0.6) is 0 Å². The van der Waals surface area contributed by atoms with Crippen molar-refractivity contribution in [3.05, 3.63) is 60.7 Å². The molecule has 2 aromatic carbocycles. The molecule has 0 radical (unpaired) electrons. The lowest BCUT2D eigenvalue weighted by atomic mass is 10.2. The van der Waals surface area contributed by atoms with Crippen LogP contribution >= 0.6 is 55.1 Å². The van der Waals surface area contributed by atoms with Crippen molar-refractivity contribution in [2.75, 3.05) is 5.32 Å². The van der Waals surface area contributed by atoms with Gasteiger partial charge in [0, 0.05) is 14.0 Å². The minimum atomic E-state index is -0.493. The van der Waals surface area contributed by atoms with Crippen LogP contribution in [-0.4, -0.2) is 5.91 Å². The van der Waals surface area contributed by atoms with Gasteiger partial charge in [0.15, 0.2) is 0 Å². The largest absolute Gasteiger partial charge is 0.320 e. The minimum absolute atomic E-state index is 0.107. The van der Waals surface area contributed by atoms with Crippen molar-refractivity contribution in [3.63, 3.8) is 0 Å². The predicted molar refractivity (Wildman–Crippen MR) is 86.2 cm³/mol. The fourth-order valence-corrected chi connectivity index (χ4v) is 3.28. The molecule has 0 aliphatic carbocycles. The molecule has 0 aromatic heterocycles. The molecule has 0 saturated heterocycles. The molecule has 2 rings (SSSR count). The van der Waals surface area contributed by atoms with Crippen molar-refractivity contribution >= 4 is 66.7 Å². The van der Waals surface area contributed by atoms with Gasteiger partial charge in [-0.05, 0) is 62.2 Å². The Balaban J connectivity index is 2.33. The van der Waals surface area contributed by atoms with Gasteiger partial charge in [0.05, 0.1) is 16.3 Å². The third-order valence-corrected chi connectivity index (χ3v) is 4.24. The fourth-order valence-electron chi connectivity index (χ4n) is 1.52. The molecule has 2 aromatic rings. The zero-order valence-electron chi connectivity index (χ0n) is 9.68. The van der Waals surface area contributed by atoms with Crippen molar-refractivity contribution in [1.29, 1.82) is 0 Å². The molecule has 1 N–H and O–H groups in total. The molecule has 0 spiro atoms. The van der Waals surface area contributed by atoms with E-state index in [0.29, 0.717) is 25.2 Å². The van der Waals surface area contributed by atoms with E-state index >= 15 is 0 Å². The Labute approximate surface area is 141 Å². The first-order valence-electron chi connectivity index (χ1n) is 5.29. The van der Waals surface area contributed by atoms with E-state index in [2.05, 4.69) is 37.2 Å². The Hall–Kier alpha value is -0.620. The molecule has 20 heavy (non-hydrogen) atoms. The highest BCUT2D eigenvalue weighted by Crippen LogP contribution is 2.32. The Morgan fingerprint density at radius 2 is 1.80 bits per heavy atom. The van der Waals surface area contributed by atoms with E-state index in [0.717, 1.165) is 6.07 Å². The Morgan fingerprint density at radius 3 is 2.40 bits per heavy atom. The maximum Gasteiger partial charge on any atom is 0.256 e. The first-order chi connectivity index (χ1) is 9.38. The van der Waals surface area contributed by atoms with Gasteiger partial charge in [-0.25, -0.2) is 4.39 Å². The van der Waals surface area contributed by atoms with Crippen LogP contribution in [0, 0.1) is 5.82 Å². The van der Waals surface area contributed by atoms with Gasteiger partial charge in [-0.1, -0.05) is 23.2 Å². The van der Waals surface area contributed by atoms with Gasteiger partial charge in [-0.15, -0.1) is 0 Å². The van der Waals surface area contributed by atoms with Gasteiger partial charge in [0.25, 0.3) is 5.91 Å². The first-order valence-corrected chi connectivity index (χ1v) is 7.63. The monoisotopic (exact) mass is 439 g/mol. The van der Waals surface area contributed by atoms with Crippen LogP contribution < -0.4 is 5.32 Å². The molecule has 104 valence electrons. The number of anilines is 1. The average Bonchev–Trinajstić information content (AvgIpc) is 2.33. The minimum Gasteiger partial charge on any atom is -0.320 e. The first kappa shape index (κ1) is 15.8. The zero-order chi connectivity index (χ0) is 14.9. The van der Waals surface area contributed by atoms with Gasteiger partial charge >= 0.3 is 0 Å². The molecule has 0 unspecified atom stereocenters. The van der Waals surface area contributed by atoms with Crippen molar-refractivity contribution in [3.8, 4) is 0 Å². The van der Waals surface area contributed by atoms with Crippen LogP contribution in [0.4, 0.5) is 10.1 Å². The van der Waals surface area contributed by atoms with Crippen molar-refractivity contribution in [2.24, 2.45) is 0 Å². The summed E-state index contributed by atoms with van der Waals surface area (Å²) < 4.78 is 14.0. The molecule has 0 atom stereocenters. The Morgan fingerprint density at radius 1 is 1.10 bits per heavy atom. The van der Waals surface area contributed by atoms with Crippen LogP contribution in [0.2, 0.25) is 10.0 Å². The Kier molecular flexibility index (Phi) is 5.07. The molecule has 7 heteroatoms. The summed E-state index contributed by atoms with van der Waals surface area (Å²) in [6.07, 6.45) is 0. The van der Waals surface area contributed by atoms with E-state index in [9.17, 15) is 9.18 Å². The summed E-state index contributed by atoms with van der Waals surface area (Å²) >= 11 is 18.1. The second-order valence-corrected chi connectivity index (χ2v) is 6.38. The maximum absolute atomic E-state index is 13.1. The van der Waals surface area contributed by atoms with Crippen LogP contribution in [0.25, 0.3) is 0 Å². The highest BCUT2D eigenvalue weighted by Gasteiger charge is 2.15. The number of carbonyl (C=O) groups is 1. The number of halogens is 5. The molecule has 0 heterocycles. The van der Waals surface area contributed by atoms with Crippen LogP contribution in [-0.2, 0) is 0 Å². The summed E-state index contributed by atoms with van der Waals surface area (Å²) in [5, 5.41) is 3.24. The van der Waals surface area contributed by atoms with E-state index in [4.69, 9.17) is 23.2 Å². The molecule has 2 nitrogen and oxygen atoms in total. The molecule has 1 amide bonds. The number of carbonyl (C=O) groups excluding carboxylic acids is 1. The highest BCUT2D eigenvalue weighted by molar-refractivity contribution is 9.11. The van der Waals surface area contributed by atoms with Gasteiger partial charge in [-0.3, -0.25) is 4.79 Å². The zero-order valence-corrected chi connectivity index (χ0v) is 14.4. The topological polar surface area (TPSA) is 29.1 Å². The van der Waals surface area contributed by atoms with Crippen LogP contribution in [0.1, 0.15) is 10.4 Å². The fraction of sp³-hybridized carbons (Fsp3) is 0. The molecular weight excluding hydrogens is 436 g/mol. The van der Waals surface area contributed by atoms with Gasteiger partial charge in [-0.2, -0.15) is 0 Å². The highest BCUT2D eigenvalue weighted by atomic mass is 79.9. The SMILES string of the molecule is O=C(Nc1c(Cl)cc(F)cc1Br)c1ccc(Cl)cc1Br. The summed E-state index contributed by atoms with van der Waals surface area (Å²) in [5.41, 5.74) is 0.696.